The third-order valence-electron chi connectivity index (χ3n) is 1.13. The summed E-state index contributed by atoms with van der Waals surface area (Å²) in [5.74, 6) is 0. The van der Waals surface area contributed by atoms with Gasteiger partial charge in [0.2, 0.25) is 0 Å². The van der Waals surface area contributed by atoms with E-state index in [-0.39, 0.29) is 0 Å². The molecule has 12 heavy (non-hydrogen) atoms. The fraction of sp³-hybridized carbons (Fsp3) is 0.429. The van der Waals surface area contributed by atoms with Gasteiger partial charge in [0.05, 0.1) is 12.3 Å². The third-order valence-corrected chi connectivity index (χ3v) is 1.92. The quantitative estimate of drug-likeness (QED) is 0.768. The van der Waals surface area contributed by atoms with Crippen LogP contribution in [0.1, 0.15) is 12.6 Å². The van der Waals surface area contributed by atoms with Crippen molar-refractivity contribution in [3.63, 3.8) is 0 Å². The molecule has 0 unspecified atom stereocenters. The molecule has 0 atom stereocenters. The normalized spacial score (nSPS) is 9.50. The van der Waals surface area contributed by atoms with Crippen molar-refractivity contribution in [3.8, 4) is 0 Å². The van der Waals surface area contributed by atoms with Crippen molar-refractivity contribution < 1.29 is 9.53 Å². The topological polar surface area (TPSA) is 51.2 Å². The molecule has 1 amide bonds. The largest absolute Gasteiger partial charge is 0.450 e. The number of nitrogens with zero attached hydrogens (tertiary/aromatic N) is 1. The molecule has 0 aliphatic rings. The number of anilines is 1. The van der Waals surface area contributed by atoms with Gasteiger partial charge in [-0.15, -0.1) is 0 Å². The van der Waals surface area contributed by atoms with Crippen molar-refractivity contribution >= 4 is 22.6 Å². The molecular formula is C7H10N2O2S. The smallest absolute Gasteiger partial charge is 0.412 e. The second kappa shape index (κ2) is 4.06. The van der Waals surface area contributed by atoms with E-state index >= 15 is 0 Å². The molecule has 4 nitrogen and oxygen atoms in total. The maximum Gasteiger partial charge on any atom is 0.412 e. The Kier molecular flexibility index (Phi) is 3.04. The molecule has 0 bridgehead atoms. The number of rotatable bonds is 2. The number of carbonyl (C=O) groups excluding carboxylic acids is 1. The van der Waals surface area contributed by atoms with E-state index in [0.29, 0.717) is 11.6 Å². The molecule has 0 radical (unpaired) electrons. The van der Waals surface area contributed by atoms with Crippen molar-refractivity contribution in [2.45, 2.75) is 13.8 Å². The number of aromatic nitrogens is 1. The number of amides is 1. The number of hydrogen-bond donors (Lipinski definition) is 1. The molecule has 0 fully saturated rings. The molecule has 0 spiro atoms. The van der Waals surface area contributed by atoms with Gasteiger partial charge in [-0.25, -0.2) is 4.79 Å². The van der Waals surface area contributed by atoms with Crippen LogP contribution in [-0.4, -0.2) is 17.1 Å². The molecule has 1 rings (SSSR count). The summed E-state index contributed by atoms with van der Waals surface area (Å²) < 4.78 is 8.69. The molecule has 66 valence electrons. The molecule has 0 saturated carbocycles. The highest BCUT2D eigenvalue weighted by Gasteiger charge is 2.03. The number of aryl methyl sites for hydroxylation is 1. The second-order valence-corrected chi connectivity index (χ2v) is 2.98. The molecular weight excluding hydrogens is 176 g/mol. The Labute approximate surface area is 74.7 Å². The average Bonchev–Trinajstić information content (AvgIpc) is 2.36. The number of ether oxygens (including phenoxy) is 1. The molecule has 0 aliphatic carbocycles. The lowest BCUT2D eigenvalue weighted by Crippen LogP contribution is -2.12. The van der Waals surface area contributed by atoms with Gasteiger partial charge in [-0.1, -0.05) is 0 Å². The highest BCUT2D eigenvalue weighted by Crippen LogP contribution is 2.15. The Morgan fingerprint density at radius 3 is 3.08 bits per heavy atom. The summed E-state index contributed by atoms with van der Waals surface area (Å²) in [6.45, 7) is 4.01. The van der Waals surface area contributed by atoms with E-state index in [1.807, 2.05) is 6.92 Å². The number of hydrogen-bond acceptors (Lipinski definition) is 4. The first kappa shape index (κ1) is 8.99. The van der Waals surface area contributed by atoms with Gasteiger partial charge in [0.25, 0.3) is 0 Å². The highest BCUT2D eigenvalue weighted by molar-refractivity contribution is 7.10. The van der Waals surface area contributed by atoms with E-state index in [0.717, 1.165) is 5.69 Å². The van der Waals surface area contributed by atoms with Gasteiger partial charge in [0.15, 0.2) is 0 Å². The fourth-order valence-electron chi connectivity index (χ4n) is 0.690. The van der Waals surface area contributed by atoms with Crippen LogP contribution in [0.25, 0.3) is 0 Å². The summed E-state index contributed by atoms with van der Waals surface area (Å²) in [7, 11) is 0. The molecule has 1 aromatic heterocycles. The van der Waals surface area contributed by atoms with Crippen LogP contribution in [0.15, 0.2) is 6.07 Å². The minimum atomic E-state index is -0.429. The predicted octanol–water partition coefficient (Wildman–Crippen LogP) is 2.02. The van der Waals surface area contributed by atoms with Gasteiger partial charge in [-0.3, -0.25) is 5.32 Å². The summed E-state index contributed by atoms with van der Waals surface area (Å²) in [6, 6.07) is 1.79. The molecule has 0 saturated heterocycles. The van der Waals surface area contributed by atoms with Crippen LogP contribution in [0, 0.1) is 6.92 Å². The van der Waals surface area contributed by atoms with Crippen LogP contribution >= 0.6 is 11.5 Å². The van der Waals surface area contributed by atoms with E-state index in [1.165, 1.54) is 11.5 Å². The van der Waals surface area contributed by atoms with Crippen molar-refractivity contribution in [1.29, 1.82) is 0 Å². The van der Waals surface area contributed by atoms with Gasteiger partial charge in [0.1, 0.15) is 5.00 Å². The SMILES string of the molecule is CCOC(=O)Nc1cc(C)ns1. The molecule has 0 aliphatic heterocycles. The molecule has 0 aromatic carbocycles. The van der Waals surface area contributed by atoms with Crippen LogP contribution in [-0.2, 0) is 4.74 Å². The Morgan fingerprint density at radius 2 is 2.58 bits per heavy atom. The molecule has 1 N–H and O–H groups in total. The van der Waals surface area contributed by atoms with Gasteiger partial charge in [-0.2, -0.15) is 4.37 Å². The molecule has 1 aromatic rings. The van der Waals surface area contributed by atoms with Crippen LogP contribution in [0.3, 0.4) is 0 Å². The third kappa shape index (κ3) is 2.50. The van der Waals surface area contributed by atoms with E-state index in [4.69, 9.17) is 0 Å². The summed E-state index contributed by atoms with van der Waals surface area (Å²) in [5, 5.41) is 3.27. The summed E-state index contributed by atoms with van der Waals surface area (Å²) >= 11 is 1.24. The fourth-order valence-corrected chi connectivity index (χ4v) is 1.34. The minimum Gasteiger partial charge on any atom is -0.450 e. The Morgan fingerprint density at radius 1 is 1.83 bits per heavy atom. The standard InChI is InChI=1S/C7H10N2O2S/c1-3-11-7(10)8-6-4-5(2)9-12-6/h4H,3H2,1-2H3,(H,8,10). The zero-order chi connectivity index (χ0) is 8.97. The average molecular weight is 186 g/mol. The Balaban J connectivity index is 2.46. The van der Waals surface area contributed by atoms with E-state index < -0.39 is 6.09 Å². The van der Waals surface area contributed by atoms with Crippen molar-refractivity contribution in [2.75, 3.05) is 11.9 Å². The first-order valence-corrected chi connectivity index (χ1v) is 4.37. The van der Waals surface area contributed by atoms with Crippen LogP contribution in [0.5, 0.6) is 0 Å². The van der Waals surface area contributed by atoms with Gasteiger partial charge in [0, 0.05) is 0 Å². The van der Waals surface area contributed by atoms with Gasteiger partial charge in [-0.05, 0) is 31.4 Å². The monoisotopic (exact) mass is 186 g/mol. The highest BCUT2D eigenvalue weighted by atomic mass is 32.1. The Bertz CT molecular complexity index is 272. The zero-order valence-electron chi connectivity index (χ0n) is 6.96. The Hall–Kier alpha value is -1.10. The maximum absolute atomic E-state index is 10.9. The van der Waals surface area contributed by atoms with Crippen molar-refractivity contribution in [2.24, 2.45) is 0 Å². The number of carbonyl (C=O) groups is 1. The predicted molar refractivity (Wildman–Crippen MR) is 47.5 cm³/mol. The van der Waals surface area contributed by atoms with Gasteiger partial charge >= 0.3 is 6.09 Å². The summed E-state index contributed by atoms with van der Waals surface area (Å²) in [4.78, 5) is 10.9. The van der Waals surface area contributed by atoms with Crippen molar-refractivity contribution in [3.05, 3.63) is 11.8 Å². The van der Waals surface area contributed by atoms with E-state index in [2.05, 4.69) is 14.4 Å². The van der Waals surface area contributed by atoms with E-state index in [9.17, 15) is 4.79 Å². The lowest BCUT2D eigenvalue weighted by atomic mass is 10.5. The van der Waals surface area contributed by atoms with Crippen LogP contribution in [0.2, 0.25) is 0 Å². The second-order valence-electron chi connectivity index (χ2n) is 2.18. The molecule has 5 heteroatoms. The molecule has 1 heterocycles. The first-order valence-electron chi connectivity index (χ1n) is 3.59. The van der Waals surface area contributed by atoms with Crippen molar-refractivity contribution in [1.82, 2.24) is 4.37 Å². The first-order chi connectivity index (χ1) is 5.72. The lowest BCUT2D eigenvalue weighted by molar-refractivity contribution is 0.168. The minimum absolute atomic E-state index is 0.379. The van der Waals surface area contributed by atoms with Gasteiger partial charge < -0.3 is 4.74 Å². The zero-order valence-corrected chi connectivity index (χ0v) is 7.77. The summed E-state index contributed by atoms with van der Waals surface area (Å²) in [5.41, 5.74) is 0.895. The maximum atomic E-state index is 10.9. The van der Waals surface area contributed by atoms with Crippen LogP contribution < -0.4 is 5.32 Å². The lowest BCUT2D eigenvalue weighted by Gasteiger charge is -2.00. The number of nitrogens with one attached hydrogen (secondary N) is 1. The summed E-state index contributed by atoms with van der Waals surface area (Å²) in [6.07, 6.45) is -0.429. The van der Waals surface area contributed by atoms with Crippen LogP contribution in [0.4, 0.5) is 9.80 Å². The van der Waals surface area contributed by atoms with E-state index in [1.54, 1.807) is 13.0 Å².